The first-order valence-electron chi connectivity index (χ1n) is 6.28. The predicted octanol–water partition coefficient (Wildman–Crippen LogP) is 0.913. The number of carboxylic acids is 1. The quantitative estimate of drug-likeness (QED) is 0.747. The lowest BCUT2D eigenvalue weighted by Crippen LogP contribution is -2.54. The molecule has 0 radical (unpaired) electrons. The first-order valence-corrected chi connectivity index (χ1v) is 6.28. The number of likely N-dealkylation sites (tertiary alicyclic amines) is 1. The van der Waals surface area contributed by atoms with Crippen LogP contribution in [0, 0.1) is 0 Å². The minimum Gasteiger partial charge on any atom is -0.480 e. The third-order valence-electron chi connectivity index (χ3n) is 3.16. The molecule has 1 aliphatic rings. The third-order valence-corrected chi connectivity index (χ3v) is 3.16. The van der Waals surface area contributed by atoms with Crippen LogP contribution < -0.4 is 0 Å². The summed E-state index contributed by atoms with van der Waals surface area (Å²) in [6.45, 7) is 9.62. The van der Waals surface area contributed by atoms with Gasteiger partial charge >= 0.3 is 12.0 Å². The average molecular weight is 270 g/mol. The van der Waals surface area contributed by atoms with Crippen LogP contribution in [-0.2, 0) is 4.79 Å². The van der Waals surface area contributed by atoms with Crippen molar-refractivity contribution < 1.29 is 19.8 Å². The van der Waals surface area contributed by atoms with Gasteiger partial charge in [0.15, 0.2) is 0 Å². The van der Waals surface area contributed by atoms with Crippen molar-refractivity contribution in [2.24, 2.45) is 0 Å². The van der Waals surface area contributed by atoms with Crippen molar-refractivity contribution in [3.63, 3.8) is 0 Å². The molecule has 6 nitrogen and oxygen atoms in total. The average Bonchev–Trinajstić information content (AvgIpc) is 2.66. The fourth-order valence-corrected chi connectivity index (χ4v) is 2.18. The van der Waals surface area contributed by atoms with Crippen LogP contribution in [-0.4, -0.2) is 62.8 Å². The van der Waals surface area contributed by atoms with Crippen molar-refractivity contribution in [3.05, 3.63) is 12.7 Å². The maximum atomic E-state index is 12.5. The normalized spacial score (nSPS) is 23.3. The van der Waals surface area contributed by atoms with Crippen LogP contribution in [0.5, 0.6) is 0 Å². The van der Waals surface area contributed by atoms with Gasteiger partial charge in [-0.25, -0.2) is 9.59 Å². The molecule has 2 amide bonds. The van der Waals surface area contributed by atoms with Crippen LogP contribution in [0.4, 0.5) is 4.79 Å². The molecular formula is C13H22N2O4. The van der Waals surface area contributed by atoms with Gasteiger partial charge in [0.05, 0.1) is 6.10 Å². The first kappa shape index (κ1) is 15.5. The second-order valence-electron chi connectivity index (χ2n) is 5.75. The molecule has 2 N–H and O–H groups in total. The van der Waals surface area contributed by atoms with Crippen LogP contribution in [0.15, 0.2) is 12.7 Å². The molecule has 1 saturated heterocycles. The Kier molecular flexibility index (Phi) is 4.57. The van der Waals surface area contributed by atoms with Gasteiger partial charge in [0.1, 0.15) is 6.04 Å². The summed E-state index contributed by atoms with van der Waals surface area (Å²) >= 11 is 0. The molecule has 0 saturated carbocycles. The summed E-state index contributed by atoms with van der Waals surface area (Å²) < 4.78 is 0. The van der Waals surface area contributed by atoms with E-state index in [1.165, 1.54) is 4.90 Å². The summed E-state index contributed by atoms with van der Waals surface area (Å²) in [5, 5.41) is 18.7. The molecule has 0 aromatic heterocycles. The van der Waals surface area contributed by atoms with Crippen molar-refractivity contribution in [1.82, 2.24) is 9.80 Å². The molecule has 0 aliphatic carbocycles. The molecule has 19 heavy (non-hydrogen) atoms. The molecule has 1 unspecified atom stereocenters. The Bertz CT molecular complexity index is 375. The largest absolute Gasteiger partial charge is 0.480 e. The van der Waals surface area contributed by atoms with Gasteiger partial charge in [-0.2, -0.15) is 0 Å². The van der Waals surface area contributed by atoms with Gasteiger partial charge < -0.3 is 20.0 Å². The van der Waals surface area contributed by atoms with Gasteiger partial charge in [0.25, 0.3) is 0 Å². The maximum Gasteiger partial charge on any atom is 0.326 e. The fourth-order valence-electron chi connectivity index (χ4n) is 2.18. The number of hydrogen-bond acceptors (Lipinski definition) is 3. The number of rotatable bonds is 3. The number of β-amino-alcohol motifs (C(OH)–C–C–N with tert-alkyl or cyclic N) is 1. The number of amides is 2. The molecule has 1 heterocycles. The van der Waals surface area contributed by atoms with Gasteiger partial charge in [-0.3, -0.25) is 0 Å². The van der Waals surface area contributed by atoms with E-state index < -0.39 is 23.7 Å². The van der Waals surface area contributed by atoms with Gasteiger partial charge in [0, 0.05) is 25.0 Å². The van der Waals surface area contributed by atoms with E-state index in [-0.39, 0.29) is 19.0 Å². The minimum atomic E-state index is -1.09. The molecule has 0 aromatic carbocycles. The van der Waals surface area contributed by atoms with E-state index in [1.54, 1.807) is 11.0 Å². The molecule has 0 spiro atoms. The Hall–Kier alpha value is -1.56. The molecule has 0 bridgehead atoms. The molecule has 1 rings (SSSR count). The molecule has 108 valence electrons. The van der Waals surface area contributed by atoms with E-state index in [1.807, 2.05) is 20.8 Å². The van der Waals surface area contributed by atoms with E-state index in [0.717, 1.165) is 0 Å². The summed E-state index contributed by atoms with van der Waals surface area (Å²) in [7, 11) is 0. The van der Waals surface area contributed by atoms with Crippen molar-refractivity contribution in [3.8, 4) is 0 Å². The Balaban J connectivity index is 2.95. The number of hydrogen-bond donors (Lipinski definition) is 2. The molecular weight excluding hydrogens is 248 g/mol. The number of carbonyl (C=O) groups is 2. The Morgan fingerprint density at radius 3 is 2.47 bits per heavy atom. The maximum absolute atomic E-state index is 12.5. The van der Waals surface area contributed by atoms with Gasteiger partial charge in [-0.15, -0.1) is 6.58 Å². The lowest BCUT2D eigenvalue weighted by Gasteiger charge is -2.38. The zero-order chi connectivity index (χ0) is 14.8. The standard InChI is InChI=1S/C13H22N2O4/c1-5-6-15(13(2,3)4)12(19)14-8-9(16)7-10(14)11(17)18/h5,9-10,16H,1,6-8H2,2-4H3,(H,17,18)/t9?,10-/m0/s1. The summed E-state index contributed by atoms with van der Waals surface area (Å²) in [5.74, 6) is -1.09. The number of carbonyl (C=O) groups excluding carboxylic acids is 1. The molecule has 0 aromatic rings. The molecule has 1 fully saturated rings. The smallest absolute Gasteiger partial charge is 0.326 e. The first-order chi connectivity index (χ1) is 8.68. The number of nitrogens with zero attached hydrogens (tertiary/aromatic N) is 2. The highest BCUT2D eigenvalue weighted by Crippen LogP contribution is 2.23. The van der Waals surface area contributed by atoms with Crippen LogP contribution >= 0.6 is 0 Å². The van der Waals surface area contributed by atoms with E-state index in [9.17, 15) is 14.7 Å². The van der Waals surface area contributed by atoms with E-state index in [2.05, 4.69) is 6.58 Å². The summed E-state index contributed by atoms with van der Waals surface area (Å²) in [6.07, 6.45) is 0.897. The van der Waals surface area contributed by atoms with Gasteiger partial charge in [-0.1, -0.05) is 6.08 Å². The highest BCUT2D eigenvalue weighted by atomic mass is 16.4. The van der Waals surface area contributed by atoms with Crippen LogP contribution in [0.3, 0.4) is 0 Å². The lowest BCUT2D eigenvalue weighted by molar-refractivity contribution is -0.141. The number of aliphatic carboxylic acids is 1. The lowest BCUT2D eigenvalue weighted by atomic mass is 10.1. The van der Waals surface area contributed by atoms with Crippen LogP contribution in [0.25, 0.3) is 0 Å². The molecule has 6 heteroatoms. The van der Waals surface area contributed by atoms with Crippen LogP contribution in [0.2, 0.25) is 0 Å². The number of aliphatic hydroxyl groups excluding tert-OH is 1. The minimum absolute atomic E-state index is 0.0551. The van der Waals surface area contributed by atoms with Crippen molar-refractivity contribution in [2.75, 3.05) is 13.1 Å². The molecule has 2 atom stereocenters. The zero-order valence-corrected chi connectivity index (χ0v) is 11.7. The third kappa shape index (κ3) is 3.47. The summed E-state index contributed by atoms with van der Waals surface area (Å²) in [4.78, 5) is 26.4. The highest BCUT2D eigenvalue weighted by Gasteiger charge is 2.42. The van der Waals surface area contributed by atoms with Crippen LogP contribution in [0.1, 0.15) is 27.2 Å². The van der Waals surface area contributed by atoms with Gasteiger partial charge in [0.2, 0.25) is 0 Å². The summed E-state index contributed by atoms with van der Waals surface area (Å²) in [6, 6.07) is -1.34. The van der Waals surface area contributed by atoms with E-state index in [4.69, 9.17) is 5.11 Å². The van der Waals surface area contributed by atoms with Gasteiger partial charge in [-0.05, 0) is 20.8 Å². The van der Waals surface area contributed by atoms with Crippen molar-refractivity contribution in [2.45, 2.75) is 44.9 Å². The second-order valence-corrected chi connectivity index (χ2v) is 5.75. The number of carboxylic acid groups (broad SMARTS) is 1. The monoisotopic (exact) mass is 270 g/mol. The van der Waals surface area contributed by atoms with Crippen molar-refractivity contribution in [1.29, 1.82) is 0 Å². The Morgan fingerprint density at radius 2 is 2.05 bits per heavy atom. The fraction of sp³-hybridized carbons (Fsp3) is 0.692. The molecule has 1 aliphatic heterocycles. The number of urea groups is 1. The topological polar surface area (TPSA) is 81.1 Å². The Labute approximate surface area is 113 Å². The number of aliphatic hydroxyl groups is 1. The van der Waals surface area contributed by atoms with E-state index >= 15 is 0 Å². The van der Waals surface area contributed by atoms with Crippen molar-refractivity contribution >= 4 is 12.0 Å². The Morgan fingerprint density at radius 1 is 1.47 bits per heavy atom. The second kappa shape index (κ2) is 5.61. The predicted molar refractivity (Wildman–Crippen MR) is 70.8 cm³/mol. The summed E-state index contributed by atoms with van der Waals surface area (Å²) in [5.41, 5.74) is -0.443. The highest BCUT2D eigenvalue weighted by molar-refractivity contribution is 5.84. The SMILES string of the molecule is C=CCN(C(=O)N1CC(O)C[C@H]1C(=O)O)C(C)(C)C. The van der Waals surface area contributed by atoms with E-state index in [0.29, 0.717) is 6.54 Å². The zero-order valence-electron chi connectivity index (χ0n) is 11.7.